The van der Waals surface area contributed by atoms with E-state index in [2.05, 4.69) is 13.0 Å². The van der Waals surface area contributed by atoms with Crippen molar-refractivity contribution in [2.24, 2.45) is 0 Å². The number of ketones is 1. The van der Waals surface area contributed by atoms with Gasteiger partial charge in [-0.25, -0.2) is 0 Å². The van der Waals surface area contributed by atoms with Crippen LogP contribution in [0.4, 0.5) is 0 Å². The van der Waals surface area contributed by atoms with Crippen molar-refractivity contribution in [3.63, 3.8) is 0 Å². The van der Waals surface area contributed by atoms with Crippen molar-refractivity contribution in [3.05, 3.63) is 28.3 Å². The van der Waals surface area contributed by atoms with Crippen LogP contribution < -0.4 is 4.74 Å². The van der Waals surface area contributed by atoms with Crippen LogP contribution >= 0.6 is 0 Å². The first-order chi connectivity index (χ1) is 6.77. The number of carbonyl (C=O) groups is 1. The lowest BCUT2D eigenvalue weighted by atomic mass is 9.98. The van der Waals surface area contributed by atoms with Gasteiger partial charge in [0.15, 0.2) is 5.78 Å². The molecule has 0 spiro atoms. The van der Waals surface area contributed by atoms with Gasteiger partial charge in [-0.05, 0) is 24.5 Å². The van der Waals surface area contributed by atoms with Gasteiger partial charge in [0.2, 0.25) is 0 Å². The first kappa shape index (κ1) is 8.04. The molecular weight excluding hydrogens is 176 g/mol. The Morgan fingerprint density at radius 1 is 1.29 bits per heavy atom. The molecule has 3 rings (SSSR count). The molecule has 2 nitrogen and oxygen atoms in total. The molecule has 0 amide bonds. The Labute approximate surface area is 82.9 Å². The highest BCUT2D eigenvalue weighted by Gasteiger charge is 2.29. The molecule has 0 saturated heterocycles. The number of carbonyl (C=O) groups excluding carboxylic acids is 1. The predicted molar refractivity (Wildman–Crippen MR) is 53.0 cm³/mol. The molecule has 0 unspecified atom stereocenters. The molecule has 1 heterocycles. The predicted octanol–water partition coefficient (Wildman–Crippen LogP) is 2.06. The highest BCUT2D eigenvalue weighted by atomic mass is 16.5. The van der Waals surface area contributed by atoms with Gasteiger partial charge in [0.1, 0.15) is 5.75 Å². The van der Waals surface area contributed by atoms with Gasteiger partial charge in [0.25, 0.3) is 0 Å². The van der Waals surface area contributed by atoms with E-state index in [1.54, 1.807) is 0 Å². The molecule has 0 atom stereocenters. The third-order valence-electron chi connectivity index (χ3n) is 3.14. The molecule has 0 bridgehead atoms. The lowest BCUT2D eigenvalue weighted by molar-refractivity contribution is 0.0994. The van der Waals surface area contributed by atoms with Crippen LogP contribution in [0.3, 0.4) is 0 Å². The molecule has 0 N–H and O–H groups in total. The highest BCUT2D eigenvalue weighted by molar-refractivity contribution is 6.02. The van der Waals surface area contributed by atoms with Gasteiger partial charge < -0.3 is 4.74 Å². The molecule has 0 radical (unpaired) electrons. The van der Waals surface area contributed by atoms with Crippen LogP contribution in [-0.2, 0) is 12.8 Å². The van der Waals surface area contributed by atoms with Crippen LogP contribution in [0, 0.1) is 6.92 Å². The Morgan fingerprint density at radius 3 is 3.00 bits per heavy atom. The fraction of sp³-hybridized carbons (Fsp3) is 0.417. The van der Waals surface area contributed by atoms with E-state index in [4.69, 9.17) is 4.74 Å². The number of benzene rings is 1. The van der Waals surface area contributed by atoms with Gasteiger partial charge in [0, 0.05) is 24.0 Å². The number of ether oxygens (including phenoxy) is 1. The number of Topliss-reactive ketones (excluding diaryl/α,β-unsaturated/α-hetero) is 1. The zero-order valence-corrected chi connectivity index (χ0v) is 8.22. The summed E-state index contributed by atoms with van der Waals surface area (Å²) in [5, 5.41) is 0. The van der Waals surface area contributed by atoms with Crippen LogP contribution in [0.15, 0.2) is 6.07 Å². The van der Waals surface area contributed by atoms with Gasteiger partial charge in [-0.2, -0.15) is 0 Å². The topological polar surface area (TPSA) is 26.3 Å². The fourth-order valence-electron chi connectivity index (χ4n) is 2.56. The van der Waals surface area contributed by atoms with E-state index in [0.29, 0.717) is 12.2 Å². The molecule has 2 aliphatic rings. The summed E-state index contributed by atoms with van der Waals surface area (Å²) in [6.07, 6.45) is 2.51. The van der Waals surface area contributed by atoms with Crippen molar-refractivity contribution in [1.82, 2.24) is 0 Å². The number of rotatable bonds is 0. The highest BCUT2D eigenvalue weighted by Crippen LogP contribution is 2.38. The van der Waals surface area contributed by atoms with Crippen molar-refractivity contribution >= 4 is 5.78 Å². The minimum Gasteiger partial charge on any atom is -0.493 e. The summed E-state index contributed by atoms with van der Waals surface area (Å²) in [7, 11) is 0. The van der Waals surface area contributed by atoms with E-state index in [-0.39, 0.29) is 0 Å². The second-order valence-electron chi connectivity index (χ2n) is 4.06. The van der Waals surface area contributed by atoms with Gasteiger partial charge in [0.05, 0.1) is 6.61 Å². The number of hydrogen-bond donors (Lipinski definition) is 0. The van der Waals surface area contributed by atoms with E-state index in [1.807, 2.05) is 0 Å². The maximum absolute atomic E-state index is 11.7. The van der Waals surface area contributed by atoms with Crippen LogP contribution in [-0.4, -0.2) is 12.4 Å². The van der Waals surface area contributed by atoms with E-state index >= 15 is 0 Å². The Bertz CT molecular complexity index is 432. The number of hydrogen-bond acceptors (Lipinski definition) is 2. The van der Waals surface area contributed by atoms with Crippen LogP contribution in [0.25, 0.3) is 0 Å². The van der Waals surface area contributed by atoms with Crippen molar-refractivity contribution in [3.8, 4) is 5.75 Å². The third-order valence-corrected chi connectivity index (χ3v) is 3.14. The Morgan fingerprint density at radius 2 is 2.14 bits per heavy atom. The van der Waals surface area contributed by atoms with E-state index < -0.39 is 0 Å². The minimum absolute atomic E-state index is 0.307. The maximum Gasteiger partial charge on any atom is 0.163 e. The fourth-order valence-corrected chi connectivity index (χ4v) is 2.56. The second-order valence-corrected chi connectivity index (χ2v) is 4.06. The first-order valence-electron chi connectivity index (χ1n) is 5.08. The second kappa shape index (κ2) is 2.59. The average Bonchev–Trinajstić information content (AvgIpc) is 2.72. The van der Waals surface area contributed by atoms with Gasteiger partial charge in [-0.1, -0.05) is 6.07 Å². The summed E-state index contributed by atoms with van der Waals surface area (Å²) in [6, 6.07) is 2.12. The summed E-state index contributed by atoms with van der Waals surface area (Å²) >= 11 is 0. The van der Waals surface area contributed by atoms with E-state index in [0.717, 1.165) is 30.8 Å². The molecule has 1 aromatic rings. The molecule has 2 heteroatoms. The summed E-state index contributed by atoms with van der Waals surface area (Å²) in [6.45, 7) is 2.80. The molecule has 72 valence electrons. The molecule has 14 heavy (non-hydrogen) atoms. The van der Waals surface area contributed by atoms with Crippen molar-refractivity contribution in [1.29, 1.82) is 0 Å². The summed E-state index contributed by atoms with van der Waals surface area (Å²) in [5.41, 5.74) is 4.56. The lowest BCUT2D eigenvalue weighted by Gasteiger charge is -2.07. The quantitative estimate of drug-likeness (QED) is 0.623. The van der Waals surface area contributed by atoms with Gasteiger partial charge >= 0.3 is 0 Å². The molecular formula is C12H12O2. The largest absolute Gasteiger partial charge is 0.493 e. The van der Waals surface area contributed by atoms with Crippen LogP contribution in [0.5, 0.6) is 5.75 Å². The normalized spacial score (nSPS) is 17.9. The zero-order chi connectivity index (χ0) is 9.71. The molecule has 1 aliphatic carbocycles. The summed E-state index contributed by atoms with van der Waals surface area (Å²) in [5.74, 6) is 1.28. The third kappa shape index (κ3) is 0.884. The Hall–Kier alpha value is -1.31. The Balaban J connectivity index is 2.33. The van der Waals surface area contributed by atoms with E-state index in [9.17, 15) is 4.79 Å². The van der Waals surface area contributed by atoms with Crippen molar-refractivity contribution < 1.29 is 9.53 Å². The van der Waals surface area contributed by atoms with Gasteiger partial charge in [-0.15, -0.1) is 0 Å². The lowest BCUT2D eigenvalue weighted by Crippen LogP contribution is -1.98. The summed E-state index contributed by atoms with van der Waals surface area (Å²) < 4.78 is 5.55. The first-order valence-corrected chi connectivity index (χ1v) is 5.08. The molecule has 1 aliphatic heterocycles. The minimum atomic E-state index is 0.307. The van der Waals surface area contributed by atoms with Crippen LogP contribution in [0.2, 0.25) is 0 Å². The summed E-state index contributed by atoms with van der Waals surface area (Å²) in [4.78, 5) is 11.7. The smallest absolute Gasteiger partial charge is 0.163 e. The maximum atomic E-state index is 11.7. The average molecular weight is 188 g/mol. The monoisotopic (exact) mass is 188 g/mol. The molecule has 0 saturated carbocycles. The van der Waals surface area contributed by atoms with Gasteiger partial charge in [-0.3, -0.25) is 4.79 Å². The van der Waals surface area contributed by atoms with E-state index in [1.165, 1.54) is 16.7 Å². The molecule has 0 fully saturated rings. The van der Waals surface area contributed by atoms with Crippen LogP contribution in [0.1, 0.15) is 33.5 Å². The number of aryl methyl sites for hydroxylation is 2. The van der Waals surface area contributed by atoms with Crippen molar-refractivity contribution in [2.75, 3.05) is 6.61 Å². The number of fused-ring (bicyclic) bond motifs is 3. The Kier molecular flexibility index (Phi) is 1.49. The molecule has 1 aromatic carbocycles. The SMILES string of the molecule is Cc1cc2c(c3c1OCC3)C(=O)CC2. The zero-order valence-electron chi connectivity index (χ0n) is 8.22. The standard InChI is InChI=1S/C12H12O2/c1-7-6-8-2-3-10(13)11(8)9-4-5-14-12(7)9/h6H,2-5H2,1H3. The molecule has 0 aromatic heterocycles. The van der Waals surface area contributed by atoms with Crippen molar-refractivity contribution in [2.45, 2.75) is 26.2 Å².